The average molecular weight is 238 g/mol. The molecule has 3 nitrogen and oxygen atoms in total. The molecule has 2 rings (SSSR count). The molecule has 2 aromatic heterocycles. The Balaban J connectivity index is 2.69. The summed E-state index contributed by atoms with van der Waals surface area (Å²) in [4.78, 5) is 8.69. The number of hydrogen-bond acceptors (Lipinski definition) is 2. The molecule has 0 unspecified atom stereocenters. The van der Waals surface area contributed by atoms with E-state index < -0.39 is 0 Å². The van der Waals surface area contributed by atoms with Crippen LogP contribution in [-0.4, -0.2) is 20.4 Å². The van der Waals surface area contributed by atoms with Crippen LogP contribution in [0.5, 0.6) is 0 Å². The summed E-state index contributed by atoms with van der Waals surface area (Å²) >= 11 is 5.82. The molecule has 0 saturated heterocycles. The van der Waals surface area contributed by atoms with Crippen LogP contribution < -0.4 is 0 Å². The maximum Gasteiger partial charge on any atom is 0.111 e. The van der Waals surface area contributed by atoms with Gasteiger partial charge in [0.2, 0.25) is 0 Å². The molecule has 0 aliphatic carbocycles. The number of nitrogens with zero attached hydrogens (tertiary/aromatic N) is 3. The van der Waals surface area contributed by atoms with Crippen molar-refractivity contribution in [1.29, 1.82) is 0 Å². The molecule has 0 aromatic carbocycles. The van der Waals surface area contributed by atoms with Crippen molar-refractivity contribution < 1.29 is 0 Å². The van der Waals surface area contributed by atoms with Gasteiger partial charge in [-0.2, -0.15) is 0 Å². The molecule has 0 N–H and O–H groups in total. The van der Waals surface area contributed by atoms with Crippen LogP contribution in [0.1, 0.15) is 26.6 Å². The van der Waals surface area contributed by atoms with Crippen LogP contribution in [0.25, 0.3) is 11.0 Å². The number of aryl methyl sites for hydroxylation is 1. The van der Waals surface area contributed by atoms with Crippen molar-refractivity contribution in [1.82, 2.24) is 14.5 Å². The first kappa shape index (κ1) is 11.4. The number of rotatable bonds is 2. The fourth-order valence-corrected chi connectivity index (χ4v) is 2.15. The number of fused-ring (bicyclic) bond motifs is 1. The van der Waals surface area contributed by atoms with Gasteiger partial charge in [-0.15, -0.1) is 11.6 Å². The van der Waals surface area contributed by atoms with Crippen molar-refractivity contribution in [2.24, 2.45) is 0 Å². The van der Waals surface area contributed by atoms with Gasteiger partial charge in [0.05, 0.1) is 11.7 Å². The van der Waals surface area contributed by atoms with E-state index in [4.69, 9.17) is 11.6 Å². The molecule has 0 atom stereocenters. The molecule has 0 bridgehead atoms. The Morgan fingerprint density at radius 1 is 1.38 bits per heavy atom. The van der Waals surface area contributed by atoms with Gasteiger partial charge >= 0.3 is 0 Å². The molecule has 86 valence electrons. The van der Waals surface area contributed by atoms with Crippen molar-refractivity contribution >= 4 is 22.6 Å². The van der Waals surface area contributed by atoms with E-state index in [0.29, 0.717) is 5.88 Å². The number of hydrogen-bond donors (Lipinski definition) is 0. The summed E-state index contributed by atoms with van der Waals surface area (Å²) in [5.74, 6) is 1.62. The molecule has 0 aliphatic rings. The van der Waals surface area contributed by atoms with Gasteiger partial charge in [-0.05, 0) is 26.8 Å². The minimum Gasteiger partial charge on any atom is -0.322 e. The van der Waals surface area contributed by atoms with E-state index in [1.54, 1.807) is 12.4 Å². The number of pyridine rings is 1. The van der Waals surface area contributed by atoms with E-state index in [0.717, 1.165) is 23.3 Å². The van der Waals surface area contributed by atoms with E-state index in [-0.39, 0.29) is 5.54 Å². The first-order chi connectivity index (χ1) is 7.54. The highest BCUT2D eigenvalue weighted by atomic mass is 35.5. The van der Waals surface area contributed by atoms with Gasteiger partial charge in [0.25, 0.3) is 0 Å². The highest BCUT2D eigenvalue weighted by Crippen LogP contribution is 2.24. The molecule has 2 heterocycles. The van der Waals surface area contributed by atoms with Crippen LogP contribution in [-0.2, 0) is 12.0 Å². The maximum absolute atomic E-state index is 5.82. The molecule has 0 saturated carbocycles. The molecule has 16 heavy (non-hydrogen) atoms. The largest absolute Gasteiger partial charge is 0.322 e. The normalized spacial score (nSPS) is 12.2. The summed E-state index contributed by atoms with van der Waals surface area (Å²) in [6.45, 7) is 6.52. The lowest BCUT2D eigenvalue weighted by atomic mass is 10.1. The van der Waals surface area contributed by atoms with E-state index in [2.05, 4.69) is 35.3 Å². The number of alkyl halides is 1. The second-order valence-corrected chi connectivity index (χ2v) is 5.22. The van der Waals surface area contributed by atoms with Gasteiger partial charge in [0.15, 0.2) is 0 Å². The zero-order valence-corrected chi connectivity index (χ0v) is 10.6. The maximum atomic E-state index is 5.82. The van der Waals surface area contributed by atoms with Crippen molar-refractivity contribution in [3.8, 4) is 0 Å². The fourth-order valence-electron chi connectivity index (χ4n) is 1.98. The number of halogens is 1. The summed E-state index contributed by atoms with van der Waals surface area (Å²) in [6.07, 6.45) is 4.39. The van der Waals surface area contributed by atoms with Crippen molar-refractivity contribution in [2.75, 3.05) is 5.88 Å². The Morgan fingerprint density at radius 2 is 2.12 bits per heavy atom. The molecule has 0 radical (unpaired) electrons. The Hall–Kier alpha value is -1.09. The molecule has 0 aliphatic heterocycles. The SMILES string of the molecule is CC(C)(C)n1c(CCCl)nc2cnccc21. The Morgan fingerprint density at radius 3 is 2.75 bits per heavy atom. The minimum atomic E-state index is 0.0114. The summed E-state index contributed by atoms with van der Waals surface area (Å²) in [5, 5.41) is 0. The lowest BCUT2D eigenvalue weighted by Gasteiger charge is -2.24. The van der Waals surface area contributed by atoms with Gasteiger partial charge in [0.1, 0.15) is 11.3 Å². The summed E-state index contributed by atoms with van der Waals surface area (Å²) in [6, 6.07) is 2.01. The smallest absolute Gasteiger partial charge is 0.111 e. The zero-order chi connectivity index (χ0) is 11.8. The Labute approximate surface area is 100 Å². The second kappa shape index (κ2) is 4.06. The van der Waals surface area contributed by atoms with Crippen LogP contribution in [0.4, 0.5) is 0 Å². The number of imidazole rings is 1. The van der Waals surface area contributed by atoms with Crippen LogP contribution in [0.15, 0.2) is 18.5 Å². The molecule has 2 aromatic rings. The van der Waals surface area contributed by atoms with Crippen LogP contribution in [0.2, 0.25) is 0 Å². The van der Waals surface area contributed by atoms with E-state index in [1.807, 2.05) is 6.07 Å². The zero-order valence-electron chi connectivity index (χ0n) is 9.87. The second-order valence-electron chi connectivity index (χ2n) is 4.84. The topological polar surface area (TPSA) is 30.7 Å². The monoisotopic (exact) mass is 237 g/mol. The van der Waals surface area contributed by atoms with Crippen LogP contribution in [0.3, 0.4) is 0 Å². The third-order valence-electron chi connectivity index (χ3n) is 2.52. The van der Waals surface area contributed by atoms with Crippen molar-refractivity contribution in [3.05, 3.63) is 24.3 Å². The predicted octanol–water partition coefficient (Wildman–Crippen LogP) is 2.97. The first-order valence-corrected chi connectivity index (χ1v) is 5.95. The summed E-state index contributed by atoms with van der Waals surface area (Å²) in [7, 11) is 0. The molecule has 0 spiro atoms. The van der Waals surface area contributed by atoms with E-state index in [1.165, 1.54) is 0 Å². The molecule has 0 fully saturated rings. The van der Waals surface area contributed by atoms with Gasteiger partial charge in [-0.25, -0.2) is 4.98 Å². The molecule has 0 amide bonds. The van der Waals surface area contributed by atoms with Gasteiger partial charge in [-0.1, -0.05) is 0 Å². The van der Waals surface area contributed by atoms with Crippen LogP contribution in [0, 0.1) is 0 Å². The van der Waals surface area contributed by atoms with Crippen molar-refractivity contribution in [2.45, 2.75) is 32.7 Å². The lowest BCUT2D eigenvalue weighted by molar-refractivity contribution is 0.395. The molecular weight excluding hydrogens is 222 g/mol. The summed E-state index contributed by atoms with van der Waals surface area (Å²) in [5.41, 5.74) is 2.08. The van der Waals surface area contributed by atoms with Gasteiger partial charge in [-0.3, -0.25) is 4.98 Å². The third kappa shape index (κ3) is 1.92. The highest BCUT2D eigenvalue weighted by molar-refractivity contribution is 6.17. The third-order valence-corrected chi connectivity index (χ3v) is 2.70. The number of aromatic nitrogens is 3. The molecule has 4 heteroatoms. The highest BCUT2D eigenvalue weighted by Gasteiger charge is 2.20. The minimum absolute atomic E-state index is 0.0114. The lowest BCUT2D eigenvalue weighted by Crippen LogP contribution is -2.24. The van der Waals surface area contributed by atoms with E-state index >= 15 is 0 Å². The standard InChI is InChI=1S/C12H16ClN3/c1-12(2,3)16-10-5-7-14-8-9(10)15-11(16)4-6-13/h5,7-8H,4,6H2,1-3H3. The quantitative estimate of drug-likeness (QED) is 0.752. The van der Waals surface area contributed by atoms with Crippen molar-refractivity contribution in [3.63, 3.8) is 0 Å². The summed E-state index contributed by atoms with van der Waals surface area (Å²) < 4.78 is 2.24. The Bertz CT molecular complexity index is 496. The first-order valence-electron chi connectivity index (χ1n) is 5.42. The van der Waals surface area contributed by atoms with Crippen LogP contribution >= 0.6 is 11.6 Å². The average Bonchev–Trinajstić information content (AvgIpc) is 2.55. The van der Waals surface area contributed by atoms with Gasteiger partial charge < -0.3 is 4.57 Å². The van der Waals surface area contributed by atoms with Gasteiger partial charge in [0, 0.05) is 24.0 Å². The fraction of sp³-hybridized carbons (Fsp3) is 0.500. The predicted molar refractivity (Wildman–Crippen MR) is 66.9 cm³/mol. The van der Waals surface area contributed by atoms with E-state index in [9.17, 15) is 0 Å². The molecular formula is C12H16ClN3. The Kier molecular flexibility index (Phi) is 2.89.